The Hall–Kier alpha value is -2.53. The van der Waals surface area contributed by atoms with Gasteiger partial charge < -0.3 is 14.4 Å². The molecule has 1 heterocycles. The molecular formula is C21H26N2O3. The number of benzene rings is 2. The summed E-state index contributed by atoms with van der Waals surface area (Å²) in [6.07, 6.45) is 0.932. The number of carbonyl (C=O) groups excluding carboxylic acids is 1. The van der Waals surface area contributed by atoms with Crippen LogP contribution in [0.3, 0.4) is 0 Å². The quantitative estimate of drug-likeness (QED) is 0.766. The van der Waals surface area contributed by atoms with Gasteiger partial charge in [-0.25, -0.2) is 0 Å². The number of anilines is 1. The molecule has 3 rings (SSSR count). The molecule has 5 heteroatoms. The molecule has 2 aromatic carbocycles. The molecule has 1 aliphatic rings. The van der Waals surface area contributed by atoms with E-state index in [4.69, 9.17) is 9.47 Å². The number of ether oxygens (including phenoxy) is 2. The first kappa shape index (κ1) is 18.3. The van der Waals surface area contributed by atoms with Gasteiger partial charge in [-0.05, 0) is 49.7 Å². The molecule has 2 aromatic rings. The third-order valence-corrected chi connectivity index (χ3v) is 4.57. The summed E-state index contributed by atoms with van der Waals surface area (Å²) in [4.78, 5) is 16.6. The molecule has 0 aromatic heterocycles. The summed E-state index contributed by atoms with van der Waals surface area (Å²) in [7, 11) is 3.60. The van der Waals surface area contributed by atoms with Gasteiger partial charge in [0.05, 0.1) is 20.3 Å². The van der Waals surface area contributed by atoms with E-state index in [1.165, 1.54) is 5.56 Å². The number of hydrogen-bond donors (Lipinski definition) is 0. The second kappa shape index (κ2) is 8.23. The number of nitrogens with zero attached hydrogens (tertiary/aromatic N) is 2. The first-order chi connectivity index (χ1) is 12.6. The maximum atomic E-state index is 12.7. The summed E-state index contributed by atoms with van der Waals surface area (Å²) in [6.45, 7) is 4.36. The van der Waals surface area contributed by atoms with Gasteiger partial charge in [0.2, 0.25) is 5.91 Å². The number of rotatable bonds is 7. The first-order valence-corrected chi connectivity index (χ1v) is 8.99. The SMILES string of the molecule is CCOc1ccc(CN(C)CC(=O)N2CCc3ccccc32)cc1OC. The Bertz CT molecular complexity index is 776. The van der Waals surface area contributed by atoms with E-state index in [0.29, 0.717) is 19.7 Å². The third kappa shape index (κ3) is 3.99. The van der Waals surface area contributed by atoms with Crippen molar-refractivity contribution < 1.29 is 14.3 Å². The molecule has 0 bridgehead atoms. The molecule has 0 N–H and O–H groups in total. The molecule has 0 radical (unpaired) electrons. The Balaban J connectivity index is 1.62. The lowest BCUT2D eigenvalue weighted by atomic mass is 10.2. The van der Waals surface area contributed by atoms with E-state index in [1.54, 1.807) is 7.11 Å². The van der Waals surface area contributed by atoms with Crippen molar-refractivity contribution in [3.8, 4) is 11.5 Å². The molecule has 0 fully saturated rings. The normalized spacial score (nSPS) is 13.0. The summed E-state index contributed by atoms with van der Waals surface area (Å²) in [5, 5.41) is 0. The Kier molecular flexibility index (Phi) is 5.78. The van der Waals surface area contributed by atoms with Gasteiger partial charge in [-0.3, -0.25) is 9.69 Å². The molecule has 0 unspecified atom stereocenters. The van der Waals surface area contributed by atoms with Crippen LogP contribution in [0.2, 0.25) is 0 Å². The average molecular weight is 354 g/mol. The molecule has 0 saturated carbocycles. The molecule has 1 amide bonds. The fourth-order valence-electron chi connectivity index (χ4n) is 3.37. The summed E-state index contributed by atoms with van der Waals surface area (Å²) >= 11 is 0. The zero-order chi connectivity index (χ0) is 18.5. The molecule has 0 aliphatic carbocycles. The zero-order valence-electron chi connectivity index (χ0n) is 15.7. The highest BCUT2D eigenvalue weighted by Gasteiger charge is 2.24. The Morgan fingerprint density at radius 2 is 2.00 bits per heavy atom. The number of para-hydroxylation sites is 1. The number of fused-ring (bicyclic) bond motifs is 1. The fourth-order valence-corrected chi connectivity index (χ4v) is 3.37. The highest BCUT2D eigenvalue weighted by Crippen LogP contribution is 2.29. The van der Waals surface area contributed by atoms with Crippen LogP contribution < -0.4 is 14.4 Å². The van der Waals surface area contributed by atoms with Crippen molar-refractivity contribution in [1.29, 1.82) is 0 Å². The lowest BCUT2D eigenvalue weighted by Gasteiger charge is -2.22. The minimum Gasteiger partial charge on any atom is -0.493 e. The largest absolute Gasteiger partial charge is 0.493 e. The molecule has 138 valence electrons. The van der Waals surface area contributed by atoms with Crippen molar-refractivity contribution >= 4 is 11.6 Å². The van der Waals surface area contributed by atoms with Crippen LogP contribution in [0.25, 0.3) is 0 Å². The third-order valence-electron chi connectivity index (χ3n) is 4.57. The second-order valence-electron chi connectivity index (χ2n) is 6.51. The Morgan fingerprint density at radius 3 is 2.77 bits per heavy atom. The van der Waals surface area contributed by atoms with Crippen molar-refractivity contribution in [1.82, 2.24) is 4.90 Å². The van der Waals surface area contributed by atoms with E-state index in [2.05, 4.69) is 6.07 Å². The predicted molar refractivity (Wildman–Crippen MR) is 103 cm³/mol. The summed E-state index contributed by atoms with van der Waals surface area (Å²) in [5.74, 6) is 1.60. The van der Waals surface area contributed by atoms with Crippen LogP contribution in [0, 0.1) is 0 Å². The number of carbonyl (C=O) groups is 1. The van der Waals surface area contributed by atoms with E-state index < -0.39 is 0 Å². The van der Waals surface area contributed by atoms with Crippen molar-refractivity contribution in [2.45, 2.75) is 19.9 Å². The highest BCUT2D eigenvalue weighted by atomic mass is 16.5. The van der Waals surface area contributed by atoms with Crippen LogP contribution in [0.5, 0.6) is 11.5 Å². The van der Waals surface area contributed by atoms with Crippen molar-refractivity contribution in [2.75, 3.05) is 38.8 Å². The van der Waals surface area contributed by atoms with E-state index in [-0.39, 0.29) is 5.91 Å². The van der Waals surface area contributed by atoms with Gasteiger partial charge in [-0.2, -0.15) is 0 Å². The Morgan fingerprint density at radius 1 is 1.19 bits per heavy atom. The van der Waals surface area contributed by atoms with Gasteiger partial charge in [-0.15, -0.1) is 0 Å². The van der Waals surface area contributed by atoms with Gasteiger partial charge in [0.1, 0.15) is 0 Å². The van der Waals surface area contributed by atoms with Crippen LogP contribution in [0.4, 0.5) is 5.69 Å². The van der Waals surface area contributed by atoms with Crippen molar-refractivity contribution in [3.63, 3.8) is 0 Å². The molecule has 26 heavy (non-hydrogen) atoms. The van der Waals surface area contributed by atoms with Gasteiger partial charge in [-0.1, -0.05) is 24.3 Å². The lowest BCUT2D eigenvalue weighted by molar-refractivity contribution is -0.119. The predicted octanol–water partition coefficient (Wildman–Crippen LogP) is 3.12. The van der Waals surface area contributed by atoms with Gasteiger partial charge >= 0.3 is 0 Å². The average Bonchev–Trinajstić information content (AvgIpc) is 3.07. The lowest BCUT2D eigenvalue weighted by Crippen LogP contribution is -2.37. The molecule has 0 saturated heterocycles. The standard InChI is InChI=1S/C21H26N2O3/c1-4-26-19-10-9-16(13-20(19)25-3)14-22(2)15-21(24)23-12-11-17-7-5-6-8-18(17)23/h5-10,13H,4,11-12,14-15H2,1-3H3. The molecule has 0 atom stereocenters. The molecule has 0 spiro atoms. The van der Waals surface area contributed by atoms with Crippen molar-refractivity contribution in [2.24, 2.45) is 0 Å². The number of hydrogen-bond acceptors (Lipinski definition) is 4. The molecule has 5 nitrogen and oxygen atoms in total. The van der Waals surface area contributed by atoms with E-state index in [9.17, 15) is 4.79 Å². The minimum absolute atomic E-state index is 0.135. The van der Waals surface area contributed by atoms with E-state index in [0.717, 1.165) is 35.7 Å². The van der Waals surface area contributed by atoms with Crippen LogP contribution >= 0.6 is 0 Å². The topological polar surface area (TPSA) is 42.0 Å². The Labute approximate surface area is 155 Å². The number of likely N-dealkylation sites (N-methyl/N-ethyl adjacent to an activating group) is 1. The van der Waals surface area contributed by atoms with Crippen molar-refractivity contribution in [3.05, 3.63) is 53.6 Å². The molecule has 1 aliphatic heterocycles. The highest BCUT2D eigenvalue weighted by molar-refractivity contribution is 5.96. The smallest absolute Gasteiger partial charge is 0.241 e. The maximum Gasteiger partial charge on any atom is 0.241 e. The fraction of sp³-hybridized carbons (Fsp3) is 0.381. The van der Waals surface area contributed by atoms with E-state index in [1.807, 2.05) is 60.2 Å². The van der Waals surface area contributed by atoms with Gasteiger partial charge in [0.15, 0.2) is 11.5 Å². The summed E-state index contributed by atoms with van der Waals surface area (Å²) in [6, 6.07) is 14.0. The van der Waals surface area contributed by atoms with Crippen LogP contribution in [0.15, 0.2) is 42.5 Å². The van der Waals surface area contributed by atoms with E-state index >= 15 is 0 Å². The van der Waals surface area contributed by atoms with Crippen LogP contribution in [-0.2, 0) is 17.8 Å². The van der Waals surface area contributed by atoms with Crippen LogP contribution in [0.1, 0.15) is 18.1 Å². The van der Waals surface area contributed by atoms with Gasteiger partial charge in [0, 0.05) is 18.8 Å². The number of amides is 1. The number of methoxy groups -OCH3 is 1. The summed E-state index contributed by atoms with van der Waals surface area (Å²) in [5.41, 5.74) is 3.39. The zero-order valence-corrected chi connectivity index (χ0v) is 15.7. The second-order valence-corrected chi connectivity index (χ2v) is 6.51. The monoisotopic (exact) mass is 354 g/mol. The first-order valence-electron chi connectivity index (χ1n) is 8.99. The maximum absolute atomic E-state index is 12.7. The van der Waals surface area contributed by atoms with Gasteiger partial charge in [0.25, 0.3) is 0 Å². The molecular weight excluding hydrogens is 328 g/mol. The van der Waals surface area contributed by atoms with Crippen LogP contribution in [-0.4, -0.2) is 44.7 Å². The summed E-state index contributed by atoms with van der Waals surface area (Å²) < 4.78 is 11.0. The minimum atomic E-state index is 0.135.